The van der Waals surface area contributed by atoms with Gasteiger partial charge in [-0.05, 0) is 78.4 Å². The molecule has 80 heavy (non-hydrogen) atoms. The number of nitrogens with zero attached hydrogens (tertiary/aromatic N) is 1. The molecule has 7 aromatic carbocycles. The van der Waals surface area contributed by atoms with Crippen molar-refractivity contribution in [2.75, 3.05) is 13.2 Å². The van der Waals surface area contributed by atoms with Crippen molar-refractivity contribution >= 4 is 35.8 Å². The molecule has 0 bridgehead atoms. The number of benzene rings is 7. The third-order valence-corrected chi connectivity index (χ3v) is 12.8. The van der Waals surface area contributed by atoms with Gasteiger partial charge in [0.15, 0.2) is 49.0 Å². The molecule has 9 rings (SSSR count). The van der Waals surface area contributed by atoms with Gasteiger partial charge in [-0.3, -0.25) is 0 Å². The third-order valence-electron chi connectivity index (χ3n) is 12.8. The van der Waals surface area contributed by atoms with Gasteiger partial charge >= 0.3 is 35.8 Å². The van der Waals surface area contributed by atoms with Crippen molar-refractivity contribution in [3.05, 3.63) is 251 Å². The summed E-state index contributed by atoms with van der Waals surface area (Å²) < 4.78 is 62.9. The Kier molecular flexibility index (Phi) is 18.6. The lowest BCUT2D eigenvalue weighted by Crippen LogP contribution is -2.65. The summed E-state index contributed by atoms with van der Waals surface area (Å²) in [5.74, 6) is -5.72. The summed E-state index contributed by atoms with van der Waals surface area (Å²) in [5.41, 5.74) is 0.652. The molecule has 0 spiro atoms. The molecule has 0 amide bonds. The Bertz CT molecular complexity index is 3220. The highest BCUT2D eigenvalue weighted by Crippen LogP contribution is 2.36. The van der Waals surface area contributed by atoms with Crippen LogP contribution in [0.2, 0.25) is 0 Å². The smallest absolute Gasteiger partial charge is 0.338 e. The van der Waals surface area contributed by atoms with E-state index < -0.39 is 117 Å². The fourth-order valence-electron chi connectivity index (χ4n) is 8.82. The van der Waals surface area contributed by atoms with Crippen molar-refractivity contribution in [2.24, 2.45) is 0 Å². The SMILES string of the molecule is N#C[C@H](O[C@@H]1O[C@H](CO[C@@H]2O[C@H](CO)[C@@H](OC(=O)c3ccccc3)[C@H](OC(=O)c3ccccc3)[C@H]2OC(=O)c2ccccc2)[C@@H](OC(=O)c2ccccc2)[C@H](OC(=O)c2ccccc2)[C@H]1OC(=O)c1ccccc1)c1ccccc1. The highest BCUT2D eigenvalue weighted by Gasteiger charge is 2.57. The van der Waals surface area contributed by atoms with E-state index in [-0.39, 0.29) is 33.4 Å². The summed E-state index contributed by atoms with van der Waals surface area (Å²) >= 11 is 0. The molecule has 1 N–H and O–H groups in total. The molecule has 2 heterocycles. The molecule has 11 atom stereocenters. The molecule has 0 aromatic heterocycles. The molecule has 2 aliphatic rings. The standard InChI is InChI=1S/C62H51NO17/c63-36-46(39-22-8-1-9-23-39)72-62-54(80-60(70)45-34-20-7-21-35-45)52(78-58(68)43-30-16-5-17-31-43)50(76-56(66)41-26-12-3-13-27-41)48(74-62)38-71-61-53(79-59(69)44-32-18-6-19-33-44)51(77-57(67)42-28-14-4-15-29-42)49(47(37-64)73-61)75-55(65)40-24-10-2-11-25-40/h1-35,46-54,61-62,64H,37-38H2/t46-,47+,48+,49+,50+,51-,52-,53+,54+,61+,62+/m0/s1. The molecule has 18 nitrogen and oxygen atoms in total. The quantitative estimate of drug-likeness (QED) is 0.0595. The minimum atomic E-state index is -1.87. The Morgan fingerprint density at radius 1 is 0.388 bits per heavy atom. The summed E-state index contributed by atoms with van der Waals surface area (Å²) in [5, 5.41) is 21.7. The number of esters is 6. The van der Waals surface area contributed by atoms with Crippen LogP contribution in [0.25, 0.3) is 0 Å². The maximum atomic E-state index is 14.4. The van der Waals surface area contributed by atoms with E-state index in [2.05, 4.69) is 6.07 Å². The van der Waals surface area contributed by atoms with Crippen LogP contribution in [0.5, 0.6) is 0 Å². The largest absolute Gasteiger partial charge is 0.452 e. The van der Waals surface area contributed by atoms with Crippen molar-refractivity contribution < 1.29 is 81.2 Å². The summed E-state index contributed by atoms with van der Waals surface area (Å²) in [6, 6.07) is 57.0. The van der Waals surface area contributed by atoms with Crippen LogP contribution in [0, 0.1) is 11.3 Å². The second kappa shape index (κ2) is 26.8. The van der Waals surface area contributed by atoms with Gasteiger partial charge in [0.25, 0.3) is 0 Å². The highest BCUT2D eigenvalue weighted by atomic mass is 16.8. The second-order valence-electron chi connectivity index (χ2n) is 18.1. The van der Waals surface area contributed by atoms with Crippen molar-refractivity contribution in [1.82, 2.24) is 0 Å². The monoisotopic (exact) mass is 1080 g/mol. The van der Waals surface area contributed by atoms with Crippen LogP contribution in [0.3, 0.4) is 0 Å². The molecule has 7 aromatic rings. The molecule has 0 unspecified atom stereocenters. The number of aliphatic hydroxyl groups is 1. The van der Waals surface area contributed by atoms with Crippen LogP contribution >= 0.6 is 0 Å². The number of carbonyl (C=O) groups excluding carboxylic acids is 6. The van der Waals surface area contributed by atoms with Crippen molar-refractivity contribution in [1.29, 1.82) is 5.26 Å². The van der Waals surface area contributed by atoms with Crippen LogP contribution in [-0.2, 0) is 47.4 Å². The van der Waals surface area contributed by atoms with E-state index in [1.165, 1.54) is 72.8 Å². The van der Waals surface area contributed by atoms with E-state index in [9.17, 15) is 39.1 Å². The summed E-state index contributed by atoms with van der Waals surface area (Å²) in [7, 11) is 0. The van der Waals surface area contributed by atoms with Crippen molar-refractivity contribution in [2.45, 2.75) is 67.5 Å². The Labute approximate surface area is 458 Å². The highest BCUT2D eigenvalue weighted by molar-refractivity contribution is 5.92. The predicted molar refractivity (Wildman–Crippen MR) is 280 cm³/mol. The molecule has 406 valence electrons. The zero-order chi connectivity index (χ0) is 55.8. The molecule has 0 radical (unpaired) electrons. The van der Waals surface area contributed by atoms with Gasteiger partial charge in [-0.1, -0.05) is 140 Å². The number of hydrogen-bond acceptors (Lipinski definition) is 18. The number of ether oxygens (including phenoxy) is 10. The average Bonchev–Trinajstić information content (AvgIpc) is 3.52. The van der Waals surface area contributed by atoms with Gasteiger partial charge in [-0.25, -0.2) is 28.8 Å². The molecule has 0 aliphatic carbocycles. The second-order valence-corrected chi connectivity index (χ2v) is 18.1. The first-order valence-corrected chi connectivity index (χ1v) is 25.3. The van der Waals surface area contributed by atoms with Crippen LogP contribution in [0.15, 0.2) is 212 Å². The minimum Gasteiger partial charge on any atom is -0.452 e. The molecule has 2 aliphatic heterocycles. The number of hydrogen-bond donors (Lipinski definition) is 1. The lowest BCUT2D eigenvalue weighted by molar-refractivity contribution is -0.331. The first kappa shape index (κ1) is 55.4. The van der Waals surface area contributed by atoms with Gasteiger partial charge < -0.3 is 52.5 Å². The topological polar surface area (TPSA) is 239 Å². The maximum Gasteiger partial charge on any atom is 0.338 e. The number of rotatable bonds is 19. The van der Waals surface area contributed by atoms with Gasteiger partial charge in [-0.15, -0.1) is 0 Å². The first-order valence-electron chi connectivity index (χ1n) is 25.3. The fraction of sp³-hybridized carbons (Fsp3) is 0.210. The summed E-state index contributed by atoms with van der Waals surface area (Å²) in [4.78, 5) is 85.1. The average molecular weight is 1080 g/mol. The van der Waals surface area contributed by atoms with Crippen LogP contribution < -0.4 is 0 Å². The third kappa shape index (κ3) is 13.7. The molecular formula is C62H51NO17. The van der Waals surface area contributed by atoms with E-state index in [1.54, 1.807) is 140 Å². The predicted octanol–water partition coefficient (Wildman–Crippen LogP) is 8.08. The van der Waals surface area contributed by atoms with E-state index in [0.717, 1.165) is 0 Å². The molecule has 2 fully saturated rings. The molecule has 2 saturated heterocycles. The van der Waals surface area contributed by atoms with E-state index >= 15 is 0 Å². The first-order chi connectivity index (χ1) is 39.1. The Balaban J connectivity index is 1.15. The molecule has 18 heteroatoms. The zero-order valence-corrected chi connectivity index (χ0v) is 42.4. The van der Waals surface area contributed by atoms with E-state index in [0.29, 0.717) is 5.56 Å². The Hall–Kier alpha value is -9.35. The van der Waals surface area contributed by atoms with Gasteiger partial charge in [-0.2, -0.15) is 5.26 Å². The van der Waals surface area contributed by atoms with Crippen LogP contribution in [0.4, 0.5) is 0 Å². The summed E-state index contributed by atoms with van der Waals surface area (Å²) in [6.07, 6.45) is -19.1. The van der Waals surface area contributed by atoms with Gasteiger partial charge in [0.2, 0.25) is 6.29 Å². The van der Waals surface area contributed by atoms with E-state index in [4.69, 9.17) is 47.4 Å². The molecule has 0 saturated carbocycles. The maximum absolute atomic E-state index is 14.4. The number of nitriles is 1. The number of carbonyl (C=O) groups is 6. The van der Waals surface area contributed by atoms with Crippen LogP contribution in [0.1, 0.15) is 73.8 Å². The van der Waals surface area contributed by atoms with Gasteiger partial charge in [0.05, 0.1) is 52.7 Å². The van der Waals surface area contributed by atoms with Gasteiger partial charge in [0.1, 0.15) is 12.2 Å². The van der Waals surface area contributed by atoms with Crippen LogP contribution in [-0.4, -0.2) is 116 Å². The minimum absolute atomic E-state index is 0.0367. The Morgan fingerprint density at radius 3 is 0.988 bits per heavy atom. The summed E-state index contributed by atoms with van der Waals surface area (Å²) in [6.45, 7) is -1.68. The Morgan fingerprint density at radius 2 is 0.662 bits per heavy atom. The number of aliphatic hydroxyl groups excluding tert-OH is 1. The van der Waals surface area contributed by atoms with Crippen molar-refractivity contribution in [3.8, 4) is 6.07 Å². The van der Waals surface area contributed by atoms with Gasteiger partial charge in [0, 0.05) is 0 Å². The lowest BCUT2D eigenvalue weighted by atomic mass is 9.96. The zero-order valence-electron chi connectivity index (χ0n) is 42.4. The normalized spacial score (nSPS) is 22.6. The lowest BCUT2D eigenvalue weighted by Gasteiger charge is -2.46. The fourth-order valence-corrected chi connectivity index (χ4v) is 8.82. The molecular weight excluding hydrogens is 1030 g/mol. The van der Waals surface area contributed by atoms with Crippen molar-refractivity contribution in [3.63, 3.8) is 0 Å². The van der Waals surface area contributed by atoms with E-state index in [1.807, 2.05) is 0 Å².